The minimum Gasteiger partial charge on any atom is -0.491 e. The molecular formula is C14H19N3OS. The van der Waals surface area contributed by atoms with Crippen LogP contribution in [0.1, 0.15) is 24.0 Å². The van der Waals surface area contributed by atoms with E-state index in [0.717, 1.165) is 28.6 Å². The highest BCUT2D eigenvalue weighted by atomic mass is 32.1. The molecule has 0 unspecified atom stereocenters. The highest BCUT2D eigenvalue weighted by molar-refractivity contribution is 7.09. The van der Waals surface area contributed by atoms with Crippen molar-refractivity contribution < 1.29 is 4.74 Å². The van der Waals surface area contributed by atoms with E-state index >= 15 is 0 Å². The van der Waals surface area contributed by atoms with Crippen LogP contribution in [-0.2, 0) is 6.54 Å². The summed E-state index contributed by atoms with van der Waals surface area (Å²) < 4.78 is 5.60. The van der Waals surface area contributed by atoms with Crippen LogP contribution in [0.25, 0.3) is 0 Å². The Hall–Kier alpha value is -1.75. The maximum atomic E-state index is 5.88. The van der Waals surface area contributed by atoms with Gasteiger partial charge in [-0.3, -0.25) is 0 Å². The molecule has 5 heteroatoms. The Morgan fingerprint density at radius 3 is 2.95 bits per heavy atom. The smallest absolute Gasteiger partial charge is 0.144 e. The van der Waals surface area contributed by atoms with Gasteiger partial charge in [0.05, 0.1) is 29.5 Å². The Kier molecular flexibility index (Phi) is 4.63. The molecule has 1 aromatic carbocycles. The van der Waals surface area contributed by atoms with Crippen LogP contribution in [0.15, 0.2) is 23.6 Å². The van der Waals surface area contributed by atoms with Crippen LogP contribution in [-0.4, -0.2) is 11.6 Å². The Labute approximate surface area is 117 Å². The molecule has 0 aliphatic heterocycles. The van der Waals surface area contributed by atoms with Gasteiger partial charge in [0, 0.05) is 17.1 Å². The van der Waals surface area contributed by atoms with E-state index in [2.05, 4.69) is 22.6 Å². The van der Waals surface area contributed by atoms with Crippen LogP contribution < -0.4 is 15.8 Å². The van der Waals surface area contributed by atoms with E-state index < -0.39 is 0 Å². The number of anilines is 2. The second kappa shape index (κ2) is 6.43. The molecule has 19 heavy (non-hydrogen) atoms. The van der Waals surface area contributed by atoms with Crippen molar-refractivity contribution in [3.63, 3.8) is 0 Å². The molecule has 0 aliphatic rings. The summed E-state index contributed by atoms with van der Waals surface area (Å²) in [4.78, 5) is 4.42. The van der Waals surface area contributed by atoms with E-state index in [1.807, 2.05) is 25.1 Å². The van der Waals surface area contributed by atoms with Crippen molar-refractivity contribution >= 4 is 22.7 Å². The normalized spacial score (nSPS) is 10.4. The molecule has 3 N–H and O–H groups in total. The van der Waals surface area contributed by atoms with Crippen LogP contribution in [0.4, 0.5) is 11.4 Å². The standard InChI is InChI=1S/C14H19N3OS/c1-3-6-18-14-7-11(4-5-13(14)15)16-8-12-9-19-10(2)17-12/h4-5,7,9,16H,3,6,8,15H2,1-2H3. The first kappa shape index (κ1) is 13.7. The maximum Gasteiger partial charge on any atom is 0.144 e. The molecule has 0 bridgehead atoms. The molecule has 0 amide bonds. The number of nitrogens with one attached hydrogen (secondary N) is 1. The van der Waals surface area contributed by atoms with Crippen molar-refractivity contribution in [1.82, 2.24) is 4.98 Å². The topological polar surface area (TPSA) is 60.2 Å². The molecule has 0 spiro atoms. The summed E-state index contributed by atoms with van der Waals surface area (Å²) in [6.45, 7) is 5.47. The van der Waals surface area contributed by atoms with Crippen LogP contribution >= 0.6 is 11.3 Å². The zero-order valence-corrected chi connectivity index (χ0v) is 12.1. The largest absolute Gasteiger partial charge is 0.491 e. The van der Waals surface area contributed by atoms with Gasteiger partial charge < -0.3 is 15.8 Å². The van der Waals surface area contributed by atoms with Crippen molar-refractivity contribution in [1.29, 1.82) is 0 Å². The van der Waals surface area contributed by atoms with Gasteiger partial charge in [0.1, 0.15) is 5.75 Å². The van der Waals surface area contributed by atoms with Crippen molar-refractivity contribution in [2.24, 2.45) is 0 Å². The fourth-order valence-corrected chi connectivity index (χ4v) is 2.28. The number of nitrogens with two attached hydrogens (primary N) is 1. The molecule has 102 valence electrons. The molecule has 0 aliphatic carbocycles. The molecule has 0 fully saturated rings. The molecule has 0 atom stereocenters. The highest BCUT2D eigenvalue weighted by Crippen LogP contribution is 2.26. The molecule has 0 saturated heterocycles. The van der Waals surface area contributed by atoms with E-state index in [0.29, 0.717) is 18.8 Å². The number of hydrogen-bond donors (Lipinski definition) is 2. The summed E-state index contributed by atoms with van der Waals surface area (Å²) in [6.07, 6.45) is 0.967. The summed E-state index contributed by atoms with van der Waals surface area (Å²) in [5.74, 6) is 0.737. The van der Waals surface area contributed by atoms with Gasteiger partial charge in [-0.05, 0) is 25.5 Å². The van der Waals surface area contributed by atoms with E-state index in [-0.39, 0.29) is 0 Å². The zero-order chi connectivity index (χ0) is 13.7. The summed E-state index contributed by atoms with van der Waals surface area (Å²) in [5, 5.41) is 6.47. The third kappa shape index (κ3) is 3.86. The van der Waals surface area contributed by atoms with Crippen LogP contribution in [0, 0.1) is 6.92 Å². The highest BCUT2D eigenvalue weighted by Gasteiger charge is 2.03. The SMILES string of the molecule is CCCOc1cc(NCc2csc(C)n2)ccc1N. The minimum atomic E-state index is 0.670. The fourth-order valence-electron chi connectivity index (χ4n) is 1.66. The van der Waals surface area contributed by atoms with Gasteiger partial charge in [0.2, 0.25) is 0 Å². The second-order valence-corrected chi connectivity index (χ2v) is 5.37. The predicted molar refractivity (Wildman–Crippen MR) is 80.8 cm³/mol. The summed E-state index contributed by atoms with van der Waals surface area (Å²) in [5.41, 5.74) is 8.59. The van der Waals surface area contributed by atoms with Crippen molar-refractivity contribution in [3.05, 3.63) is 34.3 Å². The van der Waals surface area contributed by atoms with Gasteiger partial charge in [-0.1, -0.05) is 6.92 Å². The van der Waals surface area contributed by atoms with Crippen molar-refractivity contribution in [2.75, 3.05) is 17.7 Å². The second-order valence-electron chi connectivity index (χ2n) is 4.31. The van der Waals surface area contributed by atoms with Crippen molar-refractivity contribution in [3.8, 4) is 5.75 Å². The molecule has 0 radical (unpaired) electrons. The molecule has 2 aromatic rings. The van der Waals surface area contributed by atoms with E-state index in [9.17, 15) is 0 Å². The number of nitrogen functional groups attached to an aromatic ring is 1. The number of aryl methyl sites for hydroxylation is 1. The maximum absolute atomic E-state index is 5.88. The first-order chi connectivity index (χ1) is 9.19. The summed E-state index contributed by atoms with van der Waals surface area (Å²) in [6, 6.07) is 5.75. The average Bonchev–Trinajstić information content (AvgIpc) is 2.82. The summed E-state index contributed by atoms with van der Waals surface area (Å²) in [7, 11) is 0. The first-order valence-electron chi connectivity index (χ1n) is 6.36. The molecule has 4 nitrogen and oxygen atoms in total. The number of thiazole rings is 1. The van der Waals surface area contributed by atoms with Crippen LogP contribution in [0.2, 0.25) is 0 Å². The number of ether oxygens (including phenoxy) is 1. The lowest BCUT2D eigenvalue weighted by Crippen LogP contribution is -2.03. The quantitative estimate of drug-likeness (QED) is 0.794. The van der Waals surface area contributed by atoms with Gasteiger partial charge in [0.25, 0.3) is 0 Å². The number of hydrogen-bond acceptors (Lipinski definition) is 5. The van der Waals surface area contributed by atoms with Crippen LogP contribution in [0.5, 0.6) is 5.75 Å². The van der Waals surface area contributed by atoms with E-state index in [1.165, 1.54) is 0 Å². The lowest BCUT2D eigenvalue weighted by atomic mass is 10.2. The number of benzene rings is 1. The lowest BCUT2D eigenvalue weighted by molar-refractivity contribution is 0.319. The Morgan fingerprint density at radius 1 is 1.42 bits per heavy atom. The van der Waals surface area contributed by atoms with Crippen molar-refractivity contribution in [2.45, 2.75) is 26.8 Å². The number of rotatable bonds is 6. The summed E-state index contributed by atoms with van der Waals surface area (Å²) >= 11 is 1.66. The monoisotopic (exact) mass is 277 g/mol. The molecule has 1 heterocycles. The van der Waals surface area contributed by atoms with Gasteiger partial charge in [-0.25, -0.2) is 4.98 Å². The number of nitrogens with zero attached hydrogens (tertiary/aromatic N) is 1. The van der Waals surface area contributed by atoms with E-state index in [1.54, 1.807) is 11.3 Å². The van der Waals surface area contributed by atoms with E-state index in [4.69, 9.17) is 10.5 Å². The van der Waals surface area contributed by atoms with Gasteiger partial charge in [0.15, 0.2) is 0 Å². The van der Waals surface area contributed by atoms with Gasteiger partial charge >= 0.3 is 0 Å². The zero-order valence-electron chi connectivity index (χ0n) is 11.3. The third-order valence-electron chi connectivity index (χ3n) is 2.62. The number of aromatic nitrogens is 1. The molecule has 1 aromatic heterocycles. The van der Waals surface area contributed by atoms with Crippen LogP contribution in [0.3, 0.4) is 0 Å². The Morgan fingerprint density at radius 2 is 2.26 bits per heavy atom. The predicted octanol–water partition coefficient (Wildman–Crippen LogP) is 3.43. The Balaban J connectivity index is 2.00. The van der Waals surface area contributed by atoms with Gasteiger partial charge in [-0.15, -0.1) is 11.3 Å². The molecular weight excluding hydrogens is 258 g/mol. The fraction of sp³-hybridized carbons (Fsp3) is 0.357. The molecule has 2 rings (SSSR count). The minimum absolute atomic E-state index is 0.670. The van der Waals surface area contributed by atoms with Gasteiger partial charge in [-0.2, -0.15) is 0 Å². The third-order valence-corrected chi connectivity index (χ3v) is 3.44. The lowest BCUT2D eigenvalue weighted by Gasteiger charge is -2.11. The average molecular weight is 277 g/mol. The molecule has 0 saturated carbocycles. The first-order valence-corrected chi connectivity index (χ1v) is 7.24. The Bertz CT molecular complexity index is 539.